The second kappa shape index (κ2) is 4.96. The summed E-state index contributed by atoms with van der Waals surface area (Å²) in [6.07, 6.45) is 1.03. The SMILES string of the molecule is Nc1ncc([N+](=O)[O-])cc1C(=O)N1CCOCC1. The second-order valence-corrected chi connectivity index (χ2v) is 3.79. The Hall–Kier alpha value is -2.22. The molecule has 8 nitrogen and oxygen atoms in total. The summed E-state index contributed by atoms with van der Waals surface area (Å²) in [6, 6.07) is 1.15. The Bertz CT molecular complexity index is 485. The molecule has 0 aromatic carbocycles. The van der Waals surface area contributed by atoms with E-state index in [1.807, 2.05) is 0 Å². The molecule has 1 fully saturated rings. The summed E-state index contributed by atoms with van der Waals surface area (Å²) in [5.41, 5.74) is 5.40. The molecule has 1 aromatic heterocycles. The molecule has 96 valence electrons. The number of nitro groups is 1. The first-order chi connectivity index (χ1) is 8.59. The molecule has 2 N–H and O–H groups in total. The molecule has 1 amide bonds. The fraction of sp³-hybridized carbons (Fsp3) is 0.400. The molecule has 1 aromatic rings. The number of morpholine rings is 1. The van der Waals surface area contributed by atoms with Gasteiger partial charge in [0, 0.05) is 19.2 Å². The van der Waals surface area contributed by atoms with Crippen molar-refractivity contribution in [3.05, 3.63) is 27.9 Å². The Labute approximate surface area is 102 Å². The first-order valence-electron chi connectivity index (χ1n) is 5.36. The average molecular weight is 252 g/mol. The van der Waals surface area contributed by atoms with Crippen molar-refractivity contribution in [3.8, 4) is 0 Å². The largest absolute Gasteiger partial charge is 0.383 e. The van der Waals surface area contributed by atoms with E-state index in [0.29, 0.717) is 26.3 Å². The fourth-order valence-electron chi connectivity index (χ4n) is 1.67. The van der Waals surface area contributed by atoms with Crippen LogP contribution in [0.2, 0.25) is 0 Å². The van der Waals surface area contributed by atoms with Crippen molar-refractivity contribution in [3.63, 3.8) is 0 Å². The van der Waals surface area contributed by atoms with Crippen molar-refractivity contribution < 1.29 is 14.5 Å². The Kier molecular flexibility index (Phi) is 3.38. The van der Waals surface area contributed by atoms with Gasteiger partial charge in [-0.2, -0.15) is 0 Å². The summed E-state index contributed by atoms with van der Waals surface area (Å²) in [4.78, 5) is 27.4. The van der Waals surface area contributed by atoms with Crippen LogP contribution in [0.1, 0.15) is 10.4 Å². The summed E-state index contributed by atoms with van der Waals surface area (Å²) in [6.45, 7) is 1.80. The minimum absolute atomic E-state index is 0.00269. The monoisotopic (exact) mass is 252 g/mol. The molecule has 1 aliphatic heterocycles. The van der Waals surface area contributed by atoms with Crippen LogP contribution in [-0.2, 0) is 4.74 Å². The summed E-state index contributed by atoms with van der Waals surface area (Å²) in [7, 11) is 0. The molecule has 1 saturated heterocycles. The second-order valence-electron chi connectivity index (χ2n) is 3.79. The van der Waals surface area contributed by atoms with Crippen LogP contribution in [0.25, 0.3) is 0 Å². The highest BCUT2D eigenvalue weighted by Crippen LogP contribution is 2.19. The number of amides is 1. The fourth-order valence-corrected chi connectivity index (χ4v) is 1.67. The van der Waals surface area contributed by atoms with Crippen molar-refractivity contribution >= 4 is 17.4 Å². The van der Waals surface area contributed by atoms with E-state index in [1.165, 1.54) is 0 Å². The lowest BCUT2D eigenvalue weighted by molar-refractivity contribution is -0.385. The van der Waals surface area contributed by atoms with E-state index in [4.69, 9.17) is 10.5 Å². The maximum atomic E-state index is 12.1. The highest BCUT2D eigenvalue weighted by atomic mass is 16.6. The van der Waals surface area contributed by atoms with Crippen LogP contribution in [0.4, 0.5) is 11.5 Å². The number of hydrogen-bond acceptors (Lipinski definition) is 6. The van der Waals surface area contributed by atoms with Crippen LogP contribution < -0.4 is 5.73 Å². The average Bonchev–Trinajstić information content (AvgIpc) is 2.39. The van der Waals surface area contributed by atoms with Crippen LogP contribution in [0, 0.1) is 10.1 Å². The number of aromatic nitrogens is 1. The van der Waals surface area contributed by atoms with Crippen molar-refractivity contribution in [2.24, 2.45) is 0 Å². The zero-order chi connectivity index (χ0) is 13.1. The maximum absolute atomic E-state index is 12.1. The third-order valence-electron chi connectivity index (χ3n) is 2.64. The molecule has 18 heavy (non-hydrogen) atoms. The number of nitrogen functional groups attached to an aromatic ring is 1. The molecule has 0 aliphatic carbocycles. The Morgan fingerprint density at radius 2 is 2.17 bits per heavy atom. The predicted octanol–water partition coefficient (Wildman–Crippen LogP) is 0.0444. The van der Waals surface area contributed by atoms with Gasteiger partial charge in [0.15, 0.2) is 0 Å². The highest BCUT2D eigenvalue weighted by molar-refractivity contribution is 5.98. The number of carbonyl (C=O) groups is 1. The topological polar surface area (TPSA) is 112 Å². The Morgan fingerprint density at radius 3 is 2.78 bits per heavy atom. The molecule has 8 heteroatoms. The number of anilines is 1. The molecule has 0 spiro atoms. The van der Waals surface area contributed by atoms with Gasteiger partial charge >= 0.3 is 0 Å². The molecular weight excluding hydrogens is 240 g/mol. The van der Waals surface area contributed by atoms with Crippen LogP contribution in [-0.4, -0.2) is 47.0 Å². The highest BCUT2D eigenvalue weighted by Gasteiger charge is 2.23. The lowest BCUT2D eigenvalue weighted by atomic mass is 10.2. The van der Waals surface area contributed by atoms with E-state index >= 15 is 0 Å². The number of hydrogen-bond donors (Lipinski definition) is 1. The van der Waals surface area contributed by atoms with Gasteiger partial charge in [0.2, 0.25) is 0 Å². The molecule has 0 bridgehead atoms. The maximum Gasteiger partial charge on any atom is 0.288 e. The number of nitrogens with zero attached hydrogens (tertiary/aromatic N) is 3. The van der Waals surface area contributed by atoms with E-state index in [1.54, 1.807) is 4.90 Å². The minimum Gasteiger partial charge on any atom is -0.383 e. The van der Waals surface area contributed by atoms with Crippen molar-refractivity contribution in [2.75, 3.05) is 32.0 Å². The quantitative estimate of drug-likeness (QED) is 0.587. The van der Waals surface area contributed by atoms with Gasteiger partial charge in [0.25, 0.3) is 11.6 Å². The number of rotatable bonds is 2. The van der Waals surface area contributed by atoms with Gasteiger partial charge in [0.05, 0.1) is 23.7 Å². The van der Waals surface area contributed by atoms with Crippen molar-refractivity contribution in [1.82, 2.24) is 9.88 Å². The predicted molar refractivity (Wildman–Crippen MR) is 62.0 cm³/mol. The van der Waals surface area contributed by atoms with Gasteiger partial charge in [-0.3, -0.25) is 14.9 Å². The van der Waals surface area contributed by atoms with E-state index in [9.17, 15) is 14.9 Å². The standard InChI is InChI=1S/C10H12N4O4/c11-9-8(5-7(6-12-9)14(16)17)10(15)13-1-3-18-4-2-13/h5-6H,1-4H2,(H2,11,12). The molecule has 1 aliphatic rings. The molecule has 0 saturated carbocycles. The summed E-state index contributed by atoms with van der Waals surface area (Å²) in [5.74, 6) is -0.357. The number of carbonyl (C=O) groups excluding carboxylic acids is 1. The van der Waals surface area contributed by atoms with E-state index < -0.39 is 4.92 Å². The van der Waals surface area contributed by atoms with Gasteiger partial charge in [-0.05, 0) is 0 Å². The number of nitrogens with two attached hydrogens (primary N) is 1. The van der Waals surface area contributed by atoms with Crippen molar-refractivity contribution in [1.29, 1.82) is 0 Å². The molecule has 0 atom stereocenters. The molecule has 0 radical (unpaired) electrons. The summed E-state index contributed by atoms with van der Waals surface area (Å²) in [5, 5.41) is 10.6. The molecular formula is C10H12N4O4. The smallest absolute Gasteiger partial charge is 0.288 e. The third kappa shape index (κ3) is 2.38. The summed E-state index contributed by atoms with van der Waals surface area (Å²) < 4.78 is 5.13. The van der Waals surface area contributed by atoms with Gasteiger partial charge < -0.3 is 15.4 Å². The molecule has 2 heterocycles. The minimum atomic E-state index is -0.609. The van der Waals surface area contributed by atoms with Gasteiger partial charge in [-0.25, -0.2) is 4.98 Å². The lowest BCUT2D eigenvalue weighted by Crippen LogP contribution is -2.41. The van der Waals surface area contributed by atoms with E-state index in [2.05, 4.69) is 4.98 Å². The van der Waals surface area contributed by atoms with Gasteiger partial charge in [0.1, 0.15) is 12.0 Å². The van der Waals surface area contributed by atoms with Crippen LogP contribution in [0.3, 0.4) is 0 Å². The molecule has 0 unspecified atom stereocenters. The third-order valence-corrected chi connectivity index (χ3v) is 2.64. The zero-order valence-electron chi connectivity index (χ0n) is 9.54. The number of ether oxygens (including phenoxy) is 1. The Balaban J connectivity index is 2.28. The van der Waals surface area contributed by atoms with Crippen molar-refractivity contribution in [2.45, 2.75) is 0 Å². The summed E-state index contributed by atoms with van der Waals surface area (Å²) >= 11 is 0. The van der Waals surface area contributed by atoms with Crippen LogP contribution in [0.15, 0.2) is 12.3 Å². The van der Waals surface area contributed by atoms with Gasteiger partial charge in [-0.15, -0.1) is 0 Å². The number of pyridine rings is 1. The first kappa shape index (κ1) is 12.2. The van der Waals surface area contributed by atoms with Gasteiger partial charge in [-0.1, -0.05) is 0 Å². The van der Waals surface area contributed by atoms with E-state index in [0.717, 1.165) is 12.3 Å². The van der Waals surface area contributed by atoms with E-state index in [-0.39, 0.29) is 23.0 Å². The Morgan fingerprint density at radius 1 is 1.50 bits per heavy atom. The normalized spacial score (nSPS) is 15.4. The van der Waals surface area contributed by atoms with Crippen LogP contribution >= 0.6 is 0 Å². The lowest BCUT2D eigenvalue weighted by Gasteiger charge is -2.26. The zero-order valence-corrected chi connectivity index (χ0v) is 9.54. The molecule has 2 rings (SSSR count). The first-order valence-corrected chi connectivity index (χ1v) is 5.36. The van der Waals surface area contributed by atoms with Crippen LogP contribution in [0.5, 0.6) is 0 Å².